The molecule has 3 nitrogen and oxygen atoms in total. The highest BCUT2D eigenvalue weighted by atomic mass is 15.1. The topological polar surface area (TPSA) is 30.7 Å². The Hall–Kier alpha value is -1.90. The fourth-order valence-electron chi connectivity index (χ4n) is 2.28. The molecule has 3 heteroatoms. The zero-order valence-electron chi connectivity index (χ0n) is 10.1. The number of rotatable bonds is 2. The Morgan fingerprint density at radius 1 is 1.00 bits per heavy atom. The molecule has 17 heavy (non-hydrogen) atoms. The largest absolute Gasteiger partial charge is 0.310 e. The van der Waals surface area contributed by atoms with E-state index in [2.05, 4.69) is 40.5 Å². The van der Waals surface area contributed by atoms with Crippen molar-refractivity contribution in [3.05, 3.63) is 36.7 Å². The molecule has 3 rings (SSSR count). The van der Waals surface area contributed by atoms with Crippen LogP contribution in [0.2, 0.25) is 0 Å². The maximum absolute atomic E-state index is 4.49. The van der Waals surface area contributed by atoms with Crippen molar-refractivity contribution in [1.29, 1.82) is 0 Å². The first-order chi connectivity index (χ1) is 8.27. The molecule has 86 valence electrons. The fourth-order valence-corrected chi connectivity index (χ4v) is 2.28. The second-order valence-corrected chi connectivity index (χ2v) is 4.75. The highest BCUT2D eigenvalue weighted by molar-refractivity contribution is 6.04. The molecular formula is C14H15N3. The summed E-state index contributed by atoms with van der Waals surface area (Å²) in [5, 5.41) is 2.38. The van der Waals surface area contributed by atoms with Gasteiger partial charge >= 0.3 is 0 Å². The smallest absolute Gasteiger partial charge is 0.142 e. The lowest BCUT2D eigenvalue weighted by Crippen LogP contribution is -2.05. The molecule has 0 aliphatic rings. The maximum atomic E-state index is 4.49. The highest BCUT2D eigenvalue weighted by Gasteiger charge is 2.12. The van der Waals surface area contributed by atoms with Crippen LogP contribution in [0.25, 0.3) is 22.1 Å². The molecule has 0 aromatic carbocycles. The predicted molar refractivity (Wildman–Crippen MR) is 69.9 cm³/mol. The molecule has 0 fully saturated rings. The van der Waals surface area contributed by atoms with Gasteiger partial charge in [-0.1, -0.05) is 13.8 Å². The van der Waals surface area contributed by atoms with E-state index < -0.39 is 0 Å². The third-order valence-electron chi connectivity index (χ3n) is 2.92. The molecule has 0 saturated carbocycles. The van der Waals surface area contributed by atoms with Gasteiger partial charge in [0.1, 0.15) is 11.3 Å². The van der Waals surface area contributed by atoms with E-state index in [1.807, 2.05) is 24.5 Å². The lowest BCUT2D eigenvalue weighted by molar-refractivity contribution is 0.541. The molecule has 0 radical (unpaired) electrons. The molecular weight excluding hydrogens is 210 g/mol. The van der Waals surface area contributed by atoms with Gasteiger partial charge in [-0.3, -0.25) is 0 Å². The first-order valence-corrected chi connectivity index (χ1v) is 5.95. The van der Waals surface area contributed by atoms with Crippen molar-refractivity contribution >= 4 is 22.1 Å². The van der Waals surface area contributed by atoms with Crippen molar-refractivity contribution in [2.24, 2.45) is 5.92 Å². The Morgan fingerprint density at radius 2 is 1.53 bits per heavy atom. The normalized spacial score (nSPS) is 11.7. The van der Waals surface area contributed by atoms with Crippen LogP contribution in [0.3, 0.4) is 0 Å². The molecule has 3 heterocycles. The van der Waals surface area contributed by atoms with Crippen molar-refractivity contribution in [1.82, 2.24) is 14.5 Å². The van der Waals surface area contributed by atoms with Crippen molar-refractivity contribution in [2.45, 2.75) is 20.4 Å². The molecule has 0 atom stereocenters. The fraction of sp³-hybridized carbons (Fsp3) is 0.286. The average Bonchev–Trinajstić information content (AvgIpc) is 2.65. The first-order valence-electron chi connectivity index (χ1n) is 5.95. The molecule has 3 aromatic rings. The number of hydrogen-bond acceptors (Lipinski definition) is 2. The Labute approximate surface area is 100 Å². The van der Waals surface area contributed by atoms with E-state index in [0.29, 0.717) is 5.92 Å². The van der Waals surface area contributed by atoms with E-state index in [1.165, 1.54) is 10.8 Å². The lowest BCUT2D eigenvalue weighted by atomic mass is 10.2. The van der Waals surface area contributed by atoms with Crippen molar-refractivity contribution in [2.75, 3.05) is 0 Å². The summed E-state index contributed by atoms with van der Waals surface area (Å²) in [6.07, 6.45) is 3.69. The quantitative estimate of drug-likeness (QED) is 0.670. The van der Waals surface area contributed by atoms with Crippen LogP contribution in [0.4, 0.5) is 0 Å². The lowest BCUT2D eigenvalue weighted by Gasteiger charge is -2.08. The van der Waals surface area contributed by atoms with Crippen LogP contribution in [-0.2, 0) is 6.54 Å². The number of aromatic nitrogens is 3. The molecule has 0 spiro atoms. The summed E-state index contributed by atoms with van der Waals surface area (Å²) in [4.78, 5) is 8.99. The van der Waals surface area contributed by atoms with Crippen LogP contribution in [0.15, 0.2) is 36.7 Å². The van der Waals surface area contributed by atoms with Gasteiger partial charge in [0.05, 0.1) is 0 Å². The third-order valence-corrected chi connectivity index (χ3v) is 2.92. The van der Waals surface area contributed by atoms with Crippen LogP contribution >= 0.6 is 0 Å². The SMILES string of the molecule is CC(C)Cn1c2ncccc2c2cccnc21. The molecule has 3 aromatic heterocycles. The number of pyridine rings is 2. The van der Waals surface area contributed by atoms with E-state index in [1.54, 1.807) is 0 Å². The molecule has 0 amide bonds. The van der Waals surface area contributed by atoms with Gasteiger partial charge in [-0.05, 0) is 30.2 Å². The minimum atomic E-state index is 0.581. The Bertz CT molecular complexity index is 614. The van der Waals surface area contributed by atoms with Crippen LogP contribution < -0.4 is 0 Å². The van der Waals surface area contributed by atoms with Gasteiger partial charge in [0, 0.05) is 29.7 Å². The molecule has 0 aliphatic heterocycles. The Morgan fingerprint density at radius 3 is 2.00 bits per heavy atom. The molecule has 0 unspecified atom stereocenters. The Kier molecular flexibility index (Phi) is 2.32. The van der Waals surface area contributed by atoms with E-state index >= 15 is 0 Å². The summed E-state index contributed by atoms with van der Waals surface area (Å²) >= 11 is 0. The first kappa shape index (κ1) is 10.3. The van der Waals surface area contributed by atoms with Gasteiger partial charge in [-0.25, -0.2) is 9.97 Å². The third kappa shape index (κ3) is 1.58. The van der Waals surface area contributed by atoms with Gasteiger partial charge in [-0.15, -0.1) is 0 Å². The summed E-state index contributed by atoms with van der Waals surface area (Å²) < 4.78 is 2.22. The monoisotopic (exact) mass is 225 g/mol. The molecule has 0 aliphatic carbocycles. The van der Waals surface area contributed by atoms with Crippen LogP contribution in [-0.4, -0.2) is 14.5 Å². The van der Waals surface area contributed by atoms with Gasteiger partial charge in [0.25, 0.3) is 0 Å². The van der Waals surface area contributed by atoms with Gasteiger partial charge < -0.3 is 4.57 Å². The standard InChI is InChI=1S/C14H15N3/c1-10(2)9-17-13-11(5-3-7-15-13)12-6-4-8-16-14(12)17/h3-8,10H,9H2,1-2H3. The summed E-state index contributed by atoms with van der Waals surface area (Å²) in [5.41, 5.74) is 2.07. The second-order valence-electron chi connectivity index (χ2n) is 4.75. The minimum absolute atomic E-state index is 0.581. The van der Waals surface area contributed by atoms with Crippen LogP contribution in [0.1, 0.15) is 13.8 Å². The number of fused-ring (bicyclic) bond motifs is 3. The van der Waals surface area contributed by atoms with Crippen molar-refractivity contribution in [3.8, 4) is 0 Å². The molecule has 0 saturated heterocycles. The zero-order valence-corrected chi connectivity index (χ0v) is 10.1. The van der Waals surface area contributed by atoms with Crippen LogP contribution in [0, 0.1) is 5.92 Å². The van der Waals surface area contributed by atoms with E-state index in [0.717, 1.165) is 17.8 Å². The van der Waals surface area contributed by atoms with Gasteiger partial charge in [0.2, 0.25) is 0 Å². The summed E-state index contributed by atoms with van der Waals surface area (Å²) in [6, 6.07) is 8.19. The molecule has 0 N–H and O–H groups in total. The summed E-state index contributed by atoms with van der Waals surface area (Å²) in [5.74, 6) is 0.581. The maximum Gasteiger partial charge on any atom is 0.142 e. The van der Waals surface area contributed by atoms with E-state index in [4.69, 9.17) is 0 Å². The molecule has 0 bridgehead atoms. The number of hydrogen-bond donors (Lipinski definition) is 0. The summed E-state index contributed by atoms with van der Waals surface area (Å²) in [6.45, 7) is 5.38. The van der Waals surface area contributed by atoms with E-state index in [9.17, 15) is 0 Å². The summed E-state index contributed by atoms with van der Waals surface area (Å²) in [7, 11) is 0. The van der Waals surface area contributed by atoms with Crippen LogP contribution in [0.5, 0.6) is 0 Å². The zero-order chi connectivity index (χ0) is 11.8. The average molecular weight is 225 g/mol. The minimum Gasteiger partial charge on any atom is -0.310 e. The van der Waals surface area contributed by atoms with Crippen molar-refractivity contribution < 1.29 is 0 Å². The predicted octanol–water partition coefficient (Wildman–Crippen LogP) is 3.24. The Balaban J connectivity index is 2.41. The van der Waals surface area contributed by atoms with E-state index in [-0.39, 0.29) is 0 Å². The van der Waals surface area contributed by atoms with Gasteiger partial charge in [-0.2, -0.15) is 0 Å². The number of nitrogens with zero attached hydrogens (tertiary/aromatic N) is 3. The van der Waals surface area contributed by atoms with Gasteiger partial charge in [0.15, 0.2) is 0 Å². The van der Waals surface area contributed by atoms with Crippen molar-refractivity contribution in [3.63, 3.8) is 0 Å². The highest BCUT2D eigenvalue weighted by Crippen LogP contribution is 2.26. The second kappa shape index (κ2) is 3.84.